The molecule has 12 heteroatoms. The van der Waals surface area contributed by atoms with Gasteiger partial charge in [0.2, 0.25) is 6.41 Å². The fourth-order valence-electron chi connectivity index (χ4n) is 3.87. The summed E-state index contributed by atoms with van der Waals surface area (Å²) >= 11 is 6.35. The highest BCUT2D eigenvalue weighted by molar-refractivity contribution is 6.31. The third kappa shape index (κ3) is 8.55. The van der Waals surface area contributed by atoms with Gasteiger partial charge >= 0.3 is 12.1 Å². The van der Waals surface area contributed by atoms with E-state index in [4.69, 9.17) is 30.9 Å². The van der Waals surface area contributed by atoms with Crippen molar-refractivity contribution in [1.82, 2.24) is 0 Å². The number of alkyl halides is 3. The first-order valence-electron chi connectivity index (χ1n) is 12.6. The predicted molar refractivity (Wildman–Crippen MR) is 157 cm³/mol. The second kappa shape index (κ2) is 14.8. The second-order valence-corrected chi connectivity index (χ2v) is 9.15. The van der Waals surface area contributed by atoms with Crippen molar-refractivity contribution >= 4 is 35.4 Å². The number of amides is 1. The number of aromatic hydroxyl groups is 1. The topological polar surface area (TPSA) is 106 Å². The van der Waals surface area contributed by atoms with Gasteiger partial charge in [0.1, 0.15) is 11.3 Å². The first-order chi connectivity index (χ1) is 20.5. The van der Waals surface area contributed by atoms with E-state index in [1.54, 1.807) is 55.6 Å². The Morgan fingerprint density at radius 3 is 2.19 bits per heavy atom. The summed E-state index contributed by atoms with van der Waals surface area (Å²) in [6, 6.07) is 20.9. The quantitative estimate of drug-likeness (QED) is 0.103. The van der Waals surface area contributed by atoms with Crippen molar-refractivity contribution in [3.05, 3.63) is 112 Å². The molecule has 1 unspecified atom stereocenters. The summed E-state index contributed by atoms with van der Waals surface area (Å²) < 4.78 is 54.8. The van der Waals surface area contributed by atoms with Gasteiger partial charge in [0.15, 0.2) is 17.6 Å². The number of phenols is 1. The molecule has 43 heavy (non-hydrogen) atoms. The van der Waals surface area contributed by atoms with E-state index in [0.29, 0.717) is 39.7 Å². The summed E-state index contributed by atoms with van der Waals surface area (Å²) in [5, 5.41) is 14.9. The molecule has 0 saturated carbocycles. The van der Waals surface area contributed by atoms with Crippen LogP contribution in [-0.4, -0.2) is 38.8 Å². The lowest BCUT2D eigenvalue weighted by Gasteiger charge is -2.23. The number of halogens is 4. The lowest BCUT2D eigenvalue weighted by Crippen LogP contribution is -2.14. The van der Waals surface area contributed by atoms with Gasteiger partial charge in [0.05, 0.1) is 19.8 Å². The van der Waals surface area contributed by atoms with E-state index in [1.165, 1.54) is 38.5 Å². The molecular weight excluding hydrogens is 589 g/mol. The third-order valence-electron chi connectivity index (χ3n) is 6.05. The van der Waals surface area contributed by atoms with Crippen LogP contribution in [-0.2, 0) is 15.7 Å². The predicted octanol–water partition coefficient (Wildman–Crippen LogP) is 7.32. The van der Waals surface area contributed by atoms with Crippen molar-refractivity contribution in [2.24, 2.45) is 0 Å². The van der Waals surface area contributed by atoms with Crippen molar-refractivity contribution in [2.45, 2.75) is 12.3 Å². The Morgan fingerprint density at radius 2 is 1.60 bits per heavy atom. The summed E-state index contributed by atoms with van der Waals surface area (Å²) in [5.74, 6) is -0.0242. The van der Waals surface area contributed by atoms with Crippen LogP contribution in [0.15, 0.2) is 84.9 Å². The van der Waals surface area contributed by atoms with Crippen LogP contribution >= 0.6 is 11.6 Å². The molecule has 0 aliphatic carbocycles. The Balaban J connectivity index is 0.000000353. The molecule has 1 amide bonds. The van der Waals surface area contributed by atoms with Gasteiger partial charge in [0.25, 0.3) is 0 Å². The van der Waals surface area contributed by atoms with Crippen LogP contribution in [0.4, 0.5) is 24.5 Å². The largest absolute Gasteiger partial charge is 0.504 e. The Kier molecular flexibility index (Phi) is 11.2. The summed E-state index contributed by atoms with van der Waals surface area (Å²) in [4.78, 5) is 22.3. The van der Waals surface area contributed by atoms with Crippen molar-refractivity contribution < 1.29 is 42.1 Å². The van der Waals surface area contributed by atoms with Gasteiger partial charge in [-0.2, -0.15) is 13.2 Å². The van der Waals surface area contributed by atoms with E-state index < -0.39 is 23.8 Å². The number of esters is 1. The van der Waals surface area contributed by atoms with Crippen LogP contribution in [0.2, 0.25) is 5.02 Å². The number of methoxy groups -OCH3 is 2. The monoisotopic (exact) mass is 616 g/mol. The Morgan fingerprint density at radius 1 is 0.930 bits per heavy atom. The smallest absolute Gasteiger partial charge is 0.416 e. The molecule has 0 fully saturated rings. The fraction of sp³-hybridized carbons (Fsp3) is 0.161. The molecule has 8 nitrogen and oxygen atoms in total. The Bertz CT molecular complexity index is 1550. The van der Waals surface area contributed by atoms with Crippen LogP contribution in [0.25, 0.3) is 0 Å². The third-order valence-corrected chi connectivity index (χ3v) is 6.40. The van der Waals surface area contributed by atoms with E-state index in [-0.39, 0.29) is 17.1 Å². The van der Waals surface area contributed by atoms with E-state index in [0.717, 1.165) is 12.1 Å². The fourth-order valence-corrected chi connectivity index (χ4v) is 4.10. The van der Waals surface area contributed by atoms with Gasteiger partial charge in [0, 0.05) is 35.1 Å². The molecule has 4 aromatic rings. The highest BCUT2D eigenvalue weighted by atomic mass is 35.5. The minimum absolute atomic E-state index is 0.0500. The number of nitrogens with one attached hydrogen (secondary N) is 2. The summed E-state index contributed by atoms with van der Waals surface area (Å²) in [6.07, 6.45) is -4.76. The highest BCUT2D eigenvalue weighted by Crippen LogP contribution is 2.37. The highest BCUT2D eigenvalue weighted by Gasteiger charge is 2.31. The van der Waals surface area contributed by atoms with E-state index in [1.807, 2.05) is 0 Å². The Labute approximate surface area is 251 Å². The van der Waals surface area contributed by atoms with Gasteiger partial charge in [-0.25, -0.2) is 4.79 Å². The molecule has 0 bridgehead atoms. The number of phenolic OH excluding ortho intramolecular Hbond substituents is 1. The molecule has 0 aliphatic heterocycles. The minimum Gasteiger partial charge on any atom is -0.504 e. The molecule has 0 spiro atoms. The number of hydrogen-bond donors (Lipinski definition) is 3. The second-order valence-electron chi connectivity index (χ2n) is 8.74. The molecule has 226 valence electrons. The van der Waals surface area contributed by atoms with Gasteiger partial charge in [-0.15, -0.1) is 0 Å². The number of rotatable bonds is 9. The van der Waals surface area contributed by atoms with Gasteiger partial charge < -0.3 is 30.0 Å². The lowest BCUT2D eigenvalue weighted by atomic mass is 9.99. The molecule has 0 aliphatic rings. The molecule has 1 atom stereocenters. The van der Waals surface area contributed by atoms with Crippen molar-refractivity contribution in [3.8, 4) is 17.2 Å². The van der Waals surface area contributed by atoms with Crippen LogP contribution in [0.5, 0.6) is 17.2 Å². The van der Waals surface area contributed by atoms with Crippen molar-refractivity contribution in [1.29, 1.82) is 0 Å². The zero-order valence-corrected chi connectivity index (χ0v) is 24.0. The molecule has 0 radical (unpaired) electrons. The number of benzene rings is 4. The van der Waals surface area contributed by atoms with Crippen LogP contribution in [0.1, 0.15) is 33.2 Å². The summed E-state index contributed by atoms with van der Waals surface area (Å²) in [7, 11) is 4.39. The number of carbonyl (C=O) groups excluding carboxylic acids is 2. The van der Waals surface area contributed by atoms with Gasteiger partial charge in [-0.3, -0.25) is 4.79 Å². The number of carbonyl (C=O) groups is 2. The van der Waals surface area contributed by atoms with E-state index >= 15 is 0 Å². The van der Waals surface area contributed by atoms with Crippen molar-refractivity contribution in [3.63, 3.8) is 0 Å². The van der Waals surface area contributed by atoms with E-state index in [2.05, 4.69) is 10.6 Å². The first-order valence-corrected chi connectivity index (χ1v) is 13.0. The summed E-state index contributed by atoms with van der Waals surface area (Å²) in [6.45, 7) is 0. The summed E-state index contributed by atoms with van der Waals surface area (Å²) in [5.41, 5.74) is 1.62. The number of ether oxygens (including phenoxy) is 3. The molecule has 0 saturated heterocycles. The lowest BCUT2D eigenvalue weighted by molar-refractivity contribution is -0.137. The van der Waals surface area contributed by atoms with Gasteiger partial charge in [-0.05, 0) is 54.1 Å². The number of anilines is 2. The van der Waals surface area contributed by atoms with Crippen LogP contribution in [0, 0.1) is 0 Å². The molecule has 4 aromatic carbocycles. The maximum absolute atomic E-state index is 13.0. The average Bonchev–Trinajstić information content (AvgIpc) is 3.01. The molecule has 0 aromatic heterocycles. The SMILES string of the molecule is CNc1ccc(OC(c2ccc(C(F)(F)F)cc2)c2ccccc2Cl)c(C(=O)OC)c1.COc1cc(NC=O)ccc1O. The minimum atomic E-state index is -4.46. The molecular formula is C31H28ClF3N2O6. The first kappa shape index (κ1) is 32.6. The zero-order valence-electron chi connectivity index (χ0n) is 23.2. The van der Waals surface area contributed by atoms with Crippen LogP contribution < -0.4 is 20.1 Å². The normalized spacial score (nSPS) is 11.3. The molecule has 4 rings (SSSR count). The maximum Gasteiger partial charge on any atom is 0.416 e. The Hall–Kier alpha value is -4.90. The average molecular weight is 617 g/mol. The maximum atomic E-state index is 13.0. The standard InChI is InChI=1S/C23H19ClF3NO3.C8H9NO3/c1-28-16-11-12-20(18(13-16)22(29)30-2)31-21(17-5-3-4-6-19(17)24)14-7-9-15(10-8-14)23(25,26)27;1-12-8-4-6(9-5-10)2-3-7(8)11/h3-13,21,28H,1-2H3;2-5,11H,1H3,(H,9,10). The van der Waals surface area contributed by atoms with E-state index in [9.17, 15) is 22.8 Å². The van der Waals surface area contributed by atoms with Crippen molar-refractivity contribution in [2.75, 3.05) is 31.9 Å². The zero-order chi connectivity index (χ0) is 31.6. The molecule has 0 heterocycles. The van der Waals surface area contributed by atoms with Crippen LogP contribution in [0.3, 0.4) is 0 Å². The number of hydrogen-bond acceptors (Lipinski definition) is 7. The van der Waals surface area contributed by atoms with Gasteiger partial charge in [-0.1, -0.05) is 41.9 Å². The molecule has 3 N–H and O–H groups in total.